The number of fused-ring (bicyclic) bond motifs is 2. The lowest BCUT2D eigenvalue weighted by atomic mass is 10.0. The molecule has 3 aromatic carbocycles. The molecule has 6 nitrogen and oxygen atoms in total. The van der Waals surface area contributed by atoms with Crippen molar-refractivity contribution in [3.63, 3.8) is 0 Å². The number of nitrogens with two attached hydrogens (primary N) is 1. The van der Waals surface area contributed by atoms with Gasteiger partial charge in [-0.25, -0.2) is 0 Å². The predicted molar refractivity (Wildman–Crippen MR) is 132 cm³/mol. The summed E-state index contributed by atoms with van der Waals surface area (Å²) in [6.45, 7) is 0.920. The molecule has 1 heterocycles. The highest BCUT2D eigenvalue weighted by atomic mass is 16.5. The summed E-state index contributed by atoms with van der Waals surface area (Å²) in [5.74, 6) is 0.647. The van der Waals surface area contributed by atoms with Gasteiger partial charge in [-0.2, -0.15) is 0 Å². The number of carbonyl (C=O) groups is 2. The molecule has 0 bridgehead atoms. The van der Waals surface area contributed by atoms with E-state index in [0.29, 0.717) is 41.4 Å². The minimum Gasteiger partial charge on any atom is -0.455 e. The van der Waals surface area contributed by atoms with Gasteiger partial charge >= 0.3 is 0 Å². The van der Waals surface area contributed by atoms with E-state index >= 15 is 0 Å². The van der Waals surface area contributed by atoms with Gasteiger partial charge in [-0.15, -0.1) is 0 Å². The second-order valence-electron chi connectivity index (χ2n) is 8.31. The fraction of sp³-hybridized carbons (Fsp3) is 0.143. The van der Waals surface area contributed by atoms with Crippen LogP contribution in [-0.4, -0.2) is 11.8 Å². The molecule has 34 heavy (non-hydrogen) atoms. The lowest BCUT2D eigenvalue weighted by Crippen LogP contribution is -2.23. The quantitative estimate of drug-likeness (QED) is 0.525. The zero-order valence-electron chi connectivity index (χ0n) is 18.6. The largest absolute Gasteiger partial charge is 0.455 e. The molecule has 0 radical (unpaired) electrons. The van der Waals surface area contributed by atoms with Crippen LogP contribution in [0.15, 0.2) is 90.2 Å². The number of carbonyl (C=O) groups excluding carboxylic acids is 2. The number of hydrogen-bond acceptors (Lipinski definition) is 4. The van der Waals surface area contributed by atoms with Gasteiger partial charge in [-0.05, 0) is 59.4 Å². The van der Waals surface area contributed by atoms with Gasteiger partial charge in [-0.1, -0.05) is 54.6 Å². The maximum absolute atomic E-state index is 12.8. The van der Waals surface area contributed by atoms with E-state index in [0.717, 1.165) is 35.1 Å². The van der Waals surface area contributed by atoms with Crippen molar-refractivity contribution in [3.05, 3.63) is 107 Å². The minimum absolute atomic E-state index is 0.222. The van der Waals surface area contributed by atoms with Crippen molar-refractivity contribution in [1.29, 1.82) is 0 Å². The van der Waals surface area contributed by atoms with Gasteiger partial charge in [0, 0.05) is 18.7 Å². The maximum atomic E-state index is 12.8. The summed E-state index contributed by atoms with van der Waals surface area (Å²) in [5, 5.41) is 5.80. The molecule has 170 valence electrons. The van der Waals surface area contributed by atoms with E-state index in [-0.39, 0.29) is 11.8 Å². The van der Waals surface area contributed by atoms with Crippen LogP contribution in [0, 0.1) is 0 Å². The summed E-state index contributed by atoms with van der Waals surface area (Å²) >= 11 is 0. The predicted octanol–water partition coefficient (Wildman–Crippen LogP) is 4.68. The molecule has 6 heteroatoms. The normalized spacial score (nSPS) is 14.4. The number of nitrogens with one attached hydrogen (secondary N) is 2. The zero-order valence-corrected chi connectivity index (χ0v) is 18.6. The Labute approximate surface area is 198 Å². The Morgan fingerprint density at radius 2 is 1.59 bits per heavy atom. The van der Waals surface area contributed by atoms with Gasteiger partial charge in [0.2, 0.25) is 0 Å². The molecule has 4 N–H and O–H groups in total. The van der Waals surface area contributed by atoms with Gasteiger partial charge in [0.05, 0.1) is 11.3 Å². The van der Waals surface area contributed by atoms with E-state index in [4.69, 9.17) is 10.5 Å². The van der Waals surface area contributed by atoms with Gasteiger partial charge in [0.1, 0.15) is 5.76 Å². The van der Waals surface area contributed by atoms with Crippen LogP contribution in [0.4, 0.5) is 5.69 Å². The number of allylic oxidation sites excluding steroid dienone is 2. The smallest absolute Gasteiger partial charge is 0.259 e. The van der Waals surface area contributed by atoms with Crippen LogP contribution < -0.4 is 21.1 Å². The third kappa shape index (κ3) is 4.49. The summed E-state index contributed by atoms with van der Waals surface area (Å²) in [4.78, 5) is 25.3. The van der Waals surface area contributed by atoms with Crippen molar-refractivity contribution in [2.75, 3.05) is 5.32 Å². The molecular weight excluding hydrogens is 426 g/mol. The molecule has 2 amide bonds. The van der Waals surface area contributed by atoms with E-state index < -0.39 is 0 Å². The molecular formula is C28H25N3O3. The van der Waals surface area contributed by atoms with E-state index in [9.17, 15) is 9.59 Å². The Bertz CT molecular complexity index is 1310. The lowest BCUT2D eigenvalue weighted by Gasteiger charge is -2.12. The van der Waals surface area contributed by atoms with Crippen molar-refractivity contribution in [2.45, 2.75) is 25.9 Å². The second-order valence-corrected chi connectivity index (χ2v) is 8.31. The topological polar surface area (TPSA) is 93.5 Å². The number of benzene rings is 3. The molecule has 1 aliphatic carbocycles. The first-order chi connectivity index (χ1) is 16.6. The molecule has 3 aromatic rings. The highest BCUT2D eigenvalue weighted by Crippen LogP contribution is 2.34. The third-order valence-corrected chi connectivity index (χ3v) is 5.99. The monoisotopic (exact) mass is 451 g/mol. The summed E-state index contributed by atoms with van der Waals surface area (Å²) in [6.07, 6.45) is 5.44. The first-order valence-electron chi connectivity index (χ1n) is 11.3. The molecule has 0 saturated carbocycles. The molecule has 0 atom stereocenters. The summed E-state index contributed by atoms with van der Waals surface area (Å²) in [7, 11) is 0. The summed E-state index contributed by atoms with van der Waals surface area (Å²) < 4.78 is 5.93. The second kappa shape index (κ2) is 9.37. The van der Waals surface area contributed by atoms with Crippen LogP contribution in [0.5, 0.6) is 5.75 Å². The Morgan fingerprint density at radius 3 is 2.29 bits per heavy atom. The van der Waals surface area contributed by atoms with Crippen molar-refractivity contribution >= 4 is 17.5 Å². The van der Waals surface area contributed by atoms with Crippen molar-refractivity contribution in [2.24, 2.45) is 5.73 Å². The van der Waals surface area contributed by atoms with Crippen LogP contribution in [0.3, 0.4) is 0 Å². The number of anilines is 1. The molecule has 0 saturated heterocycles. The number of amides is 2. The Morgan fingerprint density at radius 1 is 0.912 bits per heavy atom. The molecule has 0 fully saturated rings. The highest BCUT2D eigenvalue weighted by molar-refractivity contribution is 6.09. The number of rotatable bonds is 5. The fourth-order valence-corrected chi connectivity index (χ4v) is 4.05. The van der Waals surface area contributed by atoms with E-state index in [2.05, 4.69) is 22.8 Å². The fourth-order valence-electron chi connectivity index (χ4n) is 4.05. The Balaban J connectivity index is 1.25. The molecule has 1 aliphatic heterocycles. The average molecular weight is 452 g/mol. The molecule has 0 aromatic heterocycles. The van der Waals surface area contributed by atoms with Crippen LogP contribution in [0.25, 0.3) is 11.1 Å². The molecule has 0 spiro atoms. The molecule has 2 aliphatic rings. The first kappa shape index (κ1) is 21.7. The zero-order chi connectivity index (χ0) is 23.5. The SMILES string of the molecule is NCc1ccc(-c2ccc(CNC(=O)c3ccc4c(c3)NC(=O)C3=CCCC=C3O4)cc2)cc1. The summed E-state index contributed by atoms with van der Waals surface area (Å²) in [5.41, 5.74) is 11.4. The standard InChI is InChI=1S/C28H25N3O3/c29-16-18-5-9-20(10-6-18)21-11-7-19(8-12-21)17-30-27(32)22-13-14-26-24(15-22)31-28(33)23-3-1-2-4-25(23)34-26/h3-15H,1-2,16-17,29H2,(H,30,32)(H,31,33). The van der Waals surface area contributed by atoms with Crippen molar-refractivity contribution in [3.8, 4) is 16.9 Å². The van der Waals surface area contributed by atoms with Gasteiger partial charge in [0.15, 0.2) is 5.75 Å². The van der Waals surface area contributed by atoms with Crippen LogP contribution in [0.2, 0.25) is 0 Å². The van der Waals surface area contributed by atoms with E-state index in [1.807, 2.05) is 48.6 Å². The van der Waals surface area contributed by atoms with E-state index in [1.54, 1.807) is 18.2 Å². The van der Waals surface area contributed by atoms with Crippen molar-refractivity contribution in [1.82, 2.24) is 5.32 Å². The molecule has 5 rings (SSSR count). The van der Waals surface area contributed by atoms with Crippen LogP contribution in [0.1, 0.15) is 34.3 Å². The highest BCUT2D eigenvalue weighted by Gasteiger charge is 2.25. The third-order valence-electron chi connectivity index (χ3n) is 5.99. The van der Waals surface area contributed by atoms with Crippen LogP contribution in [-0.2, 0) is 17.9 Å². The maximum Gasteiger partial charge on any atom is 0.259 e. The lowest BCUT2D eigenvalue weighted by molar-refractivity contribution is -0.112. The van der Waals surface area contributed by atoms with Gasteiger partial charge in [0.25, 0.3) is 11.8 Å². The first-order valence-corrected chi connectivity index (χ1v) is 11.3. The van der Waals surface area contributed by atoms with Gasteiger partial charge < -0.3 is 21.1 Å². The Hall–Kier alpha value is -4.16. The van der Waals surface area contributed by atoms with Crippen molar-refractivity contribution < 1.29 is 14.3 Å². The average Bonchev–Trinajstić information content (AvgIpc) is 3.03. The molecule has 0 unspecified atom stereocenters. The number of ether oxygens (including phenoxy) is 1. The Kier molecular flexibility index (Phi) is 5.97. The summed E-state index contributed by atoms with van der Waals surface area (Å²) in [6, 6.07) is 21.3. The van der Waals surface area contributed by atoms with E-state index in [1.165, 1.54) is 0 Å². The van der Waals surface area contributed by atoms with Gasteiger partial charge in [-0.3, -0.25) is 9.59 Å². The minimum atomic E-state index is -0.224. The van der Waals surface area contributed by atoms with Crippen LogP contribution >= 0.6 is 0 Å². The number of hydrogen-bond donors (Lipinski definition) is 3.